The van der Waals surface area contributed by atoms with Gasteiger partial charge in [0.15, 0.2) is 0 Å². The van der Waals surface area contributed by atoms with Crippen molar-refractivity contribution in [3.63, 3.8) is 0 Å². The number of benzene rings is 2. The van der Waals surface area contributed by atoms with E-state index in [4.69, 9.17) is 4.74 Å². The zero-order valence-corrected chi connectivity index (χ0v) is 21.7. The van der Waals surface area contributed by atoms with Crippen molar-refractivity contribution in [3.05, 3.63) is 65.6 Å². The number of amides is 2. The molecular formula is C28H32FN3O3S. The van der Waals surface area contributed by atoms with Crippen LogP contribution in [0.15, 0.2) is 54.7 Å². The molecular weight excluding hydrogens is 477 g/mol. The van der Waals surface area contributed by atoms with Crippen LogP contribution in [-0.4, -0.2) is 22.6 Å². The maximum absolute atomic E-state index is 13.7. The fraction of sp³-hybridized carbons (Fsp3) is 0.393. The molecule has 190 valence electrons. The summed E-state index contributed by atoms with van der Waals surface area (Å²) in [5.74, 6) is 0.207. The van der Waals surface area contributed by atoms with Crippen molar-refractivity contribution in [2.45, 2.75) is 64.4 Å². The topological polar surface area (TPSA) is 80.3 Å². The number of halogens is 1. The monoisotopic (exact) mass is 509 g/mol. The SMILES string of the molecule is CC(C)(C)OC(=O)CC1CCC(c2ncc(-c3ccc(NC(=O)Nc4ccccc4F)cc3)s2)CC1. The van der Waals surface area contributed by atoms with Crippen molar-refractivity contribution in [1.82, 2.24) is 4.98 Å². The number of thiazole rings is 1. The first-order valence-electron chi connectivity index (χ1n) is 12.3. The lowest BCUT2D eigenvalue weighted by Crippen LogP contribution is -2.26. The molecule has 0 aliphatic heterocycles. The second kappa shape index (κ2) is 11.2. The Kier molecular flexibility index (Phi) is 8.04. The molecule has 0 radical (unpaired) electrons. The van der Waals surface area contributed by atoms with Crippen molar-refractivity contribution in [1.29, 1.82) is 0 Å². The highest BCUT2D eigenvalue weighted by molar-refractivity contribution is 7.15. The zero-order chi connectivity index (χ0) is 25.7. The number of para-hydroxylation sites is 1. The molecule has 2 aromatic carbocycles. The number of rotatable bonds is 6. The van der Waals surface area contributed by atoms with Crippen molar-refractivity contribution >= 4 is 34.7 Å². The summed E-state index contributed by atoms with van der Waals surface area (Å²) in [6.07, 6.45) is 6.47. The third kappa shape index (κ3) is 7.13. The molecule has 3 aromatic rings. The lowest BCUT2D eigenvalue weighted by atomic mass is 9.81. The number of nitrogens with zero attached hydrogens (tertiary/aromatic N) is 1. The minimum absolute atomic E-state index is 0.106. The van der Waals surface area contributed by atoms with E-state index in [-0.39, 0.29) is 11.7 Å². The van der Waals surface area contributed by atoms with Crippen LogP contribution in [0.1, 0.15) is 63.8 Å². The van der Waals surface area contributed by atoms with Gasteiger partial charge in [0, 0.05) is 24.2 Å². The molecule has 2 N–H and O–H groups in total. The van der Waals surface area contributed by atoms with Crippen molar-refractivity contribution in [3.8, 4) is 10.4 Å². The number of carbonyl (C=O) groups excluding carboxylic acids is 2. The number of carbonyl (C=O) groups is 2. The van der Waals surface area contributed by atoms with Crippen LogP contribution in [0, 0.1) is 11.7 Å². The average Bonchev–Trinajstić information content (AvgIpc) is 3.31. The Bertz CT molecular complexity index is 1200. The maximum atomic E-state index is 13.7. The first-order valence-corrected chi connectivity index (χ1v) is 13.1. The van der Waals surface area contributed by atoms with Crippen molar-refractivity contribution in [2.75, 3.05) is 10.6 Å². The molecule has 1 aliphatic rings. The minimum atomic E-state index is -0.504. The molecule has 36 heavy (non-hydrogen) atoms. The van der Waals surface area contributed by atoms with E-state index in [1.807, 2.05) is 51.2 Å². The van der Waals surface area contributed by atoms with Gasteiger partial charge in [-0.3, -0.25) is 4.79 Å². The standard InChI is InChI=1S/C28H32FN3O3S/c1-28(2,3)35-25(33)16-18-8-10-20(11-9-18)26-30-17-24(36-26)19-12-14-21(15-13-19)31-27(34)32-23-7-5-4-6-22(23)29/h4-7,12-15,17-18,20H,8-11,16H2,1-3H3,(H2,31,32,34). The van der Waals surface area contributed by atoms with E-state index < -0.39 is 17.4 Å². The van der Waals surface area contributed by atoms with Gasteiger partial charge in [-0.25, -0.2) is 14.2 Å². The largest absolute Gasteiger partial charge is 0.460 e. The summed E-state index contributed by atoms with van der Waals surface area (Å²) in [5, 5.41) is 6.36. The summed E-state index contributed by atoms with van der Waals surface area (Å²) in [6.45, 7) is 5.70. The molecule has 8 heteroatoms. The quantitative estimate of drug-likeness (QED) is 0.335. The van der Waals surface area contributed by atoms with E-state index in [0.29, 0.717) is 23.9 Å². The molecule has 2 amide bonds. The van der Waals surface area contributed by atoms with E-state index in [1.165, 1.54) is 12.1 Å². The first kappa shape index (κ1) is 25.8. The van der Waals surface area contributed by atoms with E-state index in [0.717, 1.165) is 41.1 Å². The number of urea groups is 1. The van der Waals surface area contributed by atoms with Crippen LogP contribution in [0.3, 0.4) is 0 Å². The average molecular weight is 510 g/mol. The summed E-state index contributed by atoms with van der Waals surface area (Å²) < 4.78 is 19.2. The number of ether oxygens (including phenoxy) is 1. The molecule has 0 unspecified atom stereocenters. The second-order valence-corrected chi connectivity index (χ2v) is 11.3. The van der Waals surface area contributed by atoms with Gasteiger partial charge in [0.05, 0.1) is 15.6 Å². The normalized spacial score (nSPS) is 17.9. The lowest BCUT2D eigenvalue weighted by Gasteiger charge is -2.28. The van der Waals surface area contributed by atoms with Gasteiger partial charge in [-0.05, 0) is 82.2 Å². The molecule has 1 aliphatic carbocycles. The Labute approximate surface area is 215 Å². The summed E-state index contributed by atoms with van der Waals surface area (Å²) in [6, 6.07) is 13.0. The van der Waals surface area contributed by atoms with Gasteiger partial charge in [-0.15, -0.1) is 11.3 Å². The number of anilines is 2. The lowest BCUT2D eigenvalue weighted by molar-refractivity contribution is -0.156. The smallest absolute Gasteiger partial charge is 0.323 e. The second-order valence-electron chi connectivity index (χ2n) is 10.2. The van der Waals surface area contributed by atoms with Crippen molar-refractivity contribution < 1.29 is 18.7 Å². The number of aromatic nitrogens is 1. The third-order valence-corrected chi connectivity index (χ3v) is 7.35. The summed E-state index contributed by atoms with van der Waals surface area (Å²) >= 11 is 1.69. The zero-order valence-electron chi connectivity index (χ0n) is 20.8. The fourth-order valence-electron chi connectivity index (χ4n) is 4.41. The van der Waals surface area contributed by atoms with Gasteiger partial charge < -0.3 is 15.4 Å². The summed E-state index contributed by atoms with van der Waals surface area (Å²) in [5.41, 5.74) is 1.33. The fourth-order valence-corrected chi connectivity index (χ4v) is 5.50. The maximum Gasteiger partial charge on any atom is 0.323 e. The summed E-state index contributed by atoms with van der Waals surface area (Å²) in [4.78, 5) is 30.1. The van der Waals surface area contributed by atoms with E-state index in [9.17, 15) is 14.0 Å². The van der Waals surface area contributed by atoms with E-state index >= 15 is 0 Å². The molecule has 1 heterocycles. The Hall–Kier alpha value is -3.26. The van der Waals surface area contributed by atoms with Gasteiger partial charge in [0.2, 0.25) is 0 Å². The number of hydrogen-bond donors (Lipinski definition) is 2. The van der Waals surface area contributed by atoms with Gasteiger partial charge in [-0.2, -0.15) is 0 Å². The molecule has 4 rings (SSSR count). The Morgan fingerprint density at radius 2 is 1.72 bits per heavy atom. The molecule has 1 saturated carbocycles. The van der Waals surface area contributed by atoms with Gasteiger partial charge in [0.25, 0.3) is 0 Å². The predicted molar refractivity (Wildman–Crippen MR) is 142 cm³/mol. The van der Waals surface area contributed by atoms with Crippen molar-refractivity contribution in [2.24, 2.45) is 5.92 Å². The molecule has 1 fully saturated rings. The van der Waals surface area contributed by atoms with Gasteiger partial charge in [-0.1, -0.05) is 24.3 Å². The predicted octanol–water partition coefficient (Wildman–Crippen LogP) is 7.60. The minimum Gasteiger partial charge on any atom is -0.460 e. The Morgan fingerprint density at radius 3 is 2.39 bits per heavy atom. The van der Waals surface area contributed by atoms with Crippen LogP contribution in [0.4, 0.5) is 20.6 Å². The van der Waals surface area contributed by atoms with Crippen LogP contribution in [-0.2, 0) is 9.53 Å². The van der Waals surface area contributed by atoms with Crippen LogP contribution in [0.25, 0.3) is 10.4 Å². The molecule has 0 spiro atoms. The van der Waals surface area contributed by atoms with Gasteiger partial charge >= 0.3 is 12.0 Å². The first-order chi connectivity index (χ1) is 17.2. The van der Waals surface area contributed by atoms with E-state index in [1.54, 1.807) is 23.5 Å². The highest BCUT2D eigenvalue weighted by Crippen LogP contribution is 2.40. The van der Waals surface area contributed by atoms with Gasteiger partial charge in [0.1, 0.15) is 11.4 Å². The Balaban J connectivity index is 1.28. The number of nitrogens with one attached hydrogen (secondary N) is 2. The van der Waals surface area contributed by atoms with Crippen LogP contribution in [0.2, 0.25) is 0 Å². The highest BCUT2D eigenvalue weighted by atomic mass is 32.1. The molecule has 0 atom stereocenters. The highest BCUT2D eigenvalue weighted by Gasteiger charge is 2.27. The number of hydrogen-bond acceptors (Lipinski definition) is 5. The number of esters is 1. The molecule has 6 nitrogen and oxygen atoms in total. The molecule has 0 bridgehead atoms. The van der Waals surface area contributed by atoms with Crippen LogP contribution in [0.5, 0.6) is 0 Å². The molecule has 1 aromatic heterocycles. The van der Waals surface area contributed by atoms with Crippen LogP contribution >= 0.6 is 11.3 Å². The summed E-state index contributed by atoms with van der Waals surface area (Å²) in [7, 11) is 0. The Morgan fingerprint density at radius 1 is 1.03 bits per heavy atom. The van der Waals surface area contributed by atoms with Crippen LogP contribution < -0.4 is 10.6 Å². The van der Waals surface area contributed by atoms with E-state index in [2.05, 4.69) is 15.6 Å². The molecule has 0 saturated heterocycles. The third-order valence-electron chi connectivity index (χ3n) is 6.14.